The first-order valence-corrected chi connectivity index (χ1v) is 9.80. The number of nitrogens with zero attached hydrogens (tertiary/aromatic N) is 4. The Morgan fingerprint density at radius 1 is 1.14 bits per heavy atom. The number of para-hydroxylation sites is 2. The Morgan fingerprint density at radius 3 is 2.54 bits per heavy atom. The van der Waals surface area contributed by atoms with Gasteiger partial charge in [0.15, 0.2) is 11.0 Å². The average molecular weight is 398 g/mol. The Kier molecular flexibility index (Phi) is 5.99. The molecule has 3 rings (SSSR count). The van der Waals surface area contributed by atoms with Gasteiger partial charge in [-0.3, -0.25) is 14.3 Å². The number of benzene rings is 1. The van der Waals surface area contributed by atoms with Crippen LogP contribution in [-0.2, 0) is 4.79 Å². The third kappa shape index (κ3) is 4.69. The first-order valence-electron chi connectivity index (χ1n) is 8.82. The summed E-state index contributed by atoms with van der Waals surface area (Å²) in [4.78, 5) is 16.3. The molecular formula is C20H23N5O2S. The van der Waals surface area contributed by atoms with Crippen molar-refractivity contribution in [3.8, 4) is 22.8 Å². The van der Waals surface area contributed by atoms with Gasteiger partial charge in [0.1, 0.15) is 5.75 Å². The molecule has 1 aromatic carbocycles. The van der Waals surface area contributed by atoms with Crippen LogP contribution in [0.3, 0.4) is 0 Å². The highest BCUT2D eigenvalue weighted by atomic mass is 32.2. The van der Waals surface area contributed by atoms with Crippen LogP contribution in [0.1, 0.15) is 20.8 Å². The Labute approximate surface area is 168 Å². The fraction of sp³-hybridized carbons (Fsp3) is 0.300. The zero-order chi connectivity index (χ0) is 20.1. The van der Waals surface area contributed by atoms with Crippen LogP contribution in [0.25, 0.3) is 17.1 Å². The van der Waals surface area contributed by atoms with Gasteiger partial charge in [0.05, 0.1) is 18.6 Å². The lowest BCUT2D eigenvalue weighted by Crippen LogP contribution is -2.41. The number of amides is 1. The number of methoxy groups -OCH3 is 1. The first kappa shape index (κ1) is 19.9. The maximum Gasteiger partial charge on any atom is 0.230 e. The molecule has 0 aliphatic heterocycles. The molecule has 0 saturated heterocycles. The van der Waals surface area contributed by atoms with Crippen molar-refractivity contribution < 1.29 is 9.53 Å². The molecule has 1 N–H and O–H groups in total. The molecule has 0 saturated carbocycles. The van der Waals surface area contributed by atoms with Gasteiger partial charge < -0.3 is 10.1 Å². The Balaban J connectivity index is 1.99. The number of carbonyl (C=O) groups excluding carboxylic acids is 1. The Morgan fingerprint density at radius 2 is 1.86 bits per heavy atom. The van der Waals surface area contributed by atoms with Gasteiger partial charge in [-0.2, -0.15) is 0 Å². The van der Waals surface area contributed by atoms with E-state index in [0.29, 0.717) is 16.7 Å². The molecule has 1 amide bonds. The molecule has 2 aromatic heterocycles. The molecule has 7 nitrogen and oxygen atoms in total. The number of carbonyl (C=O) groups is 1. The predicted octanol–water partition coefficient (Wildman–Crippen LogP) is 3.34. The summed E-state index contributed by atoms with van der Waals surface area (Å²) in [5.41, 5.74) is 1.40. The van der Waals surface area contributed by atoms with Crippen molar-refractivity contribution in [2.24, 2.45) is 0 Å². The molecule has 146 valence electrons. The van der Waals surface area contributed by atoms with E-state index in [4.69, 9.17) is 4.74 Å². The number of ether oxygens (including phenoxy) is 1. The van der Waals surface area contributed by atoms with Crippen LogP contribution in [0.4, 0.5) is 0 Å². The number of pyridine rings is 1. The molecule has 0 atom stereocenters. The van der Waals surface area contributed by atoms with Crippen molar-refractivity contribution in [2.75, 3.05) is 12.9 Å². The van der Waals surface area contributed by atoms with E-state index in [1.807, 2.05) is 61.7 Å². The number of thioether (sulfide) groups is 1. The molecule has 0 unspecified atom stereocenters. The predicted molar refractivity (Wildman–Crippen MR) is 110 cm³/mol. The van der Waals surface area contributed by atoms with Crippen LogP contribution >= 0.6 is 11.8 Å². The zero-order valence-corrected chi connectivity index (χ0v) is 17.2. The van der Waals surface area contributed by atoms with Crippen molar-refractivity contribution in [1.82, 2.24) is 25.1 Å². The van der Waals surface area contributed by atoms with E-state index in [1.165, 1.54) is 11.8 Å². The Bertz CT molecular complexity index is 951. The second-order valence-electron chi connectivity index (χ2n) is 7.14. The molecule has 0 spiro atoms. The molecule has 2 heterocycles. The largest absolute Gasteiger partial charge is 0.495 e. The average Bonchev–Trinajstić information content (AvgIpc) is 3.09. The van der Waals surface area contributed by atoms with E-state index in [9.17, 15) is 4.79 Å². The smallest absolute Gasteiger partial charge is 0.230 e. The lowest BCUT2D eigenvalue weighted by Gasteiger charge is -2.20. The molecule has 0 aliphatic rings. The van der Waals surface area contributed by atoms with E-state index in [-0.39, 0.29) is 17.2 Å². The van der Waals surface area contributed by atoms with Crippen molar-refractivity contribution in [1.29, 1.82) is 0 Å². The normalized spacial score (nSPS) is 11.3. The number of hydrogen-bond donors (Lipinski definition) is 1. The van der Waals surface area contributed by atoms with Crippen LogP contribution in [0.15, 0.2) is 53.9 Å². The summed E-state index contributed by atoms with van der Waals surface area (Å²) >= 11 is 1.33. The highest BCUT2D eigenvalue weighted by Crippen LogP contribution is 2.32. The standard InChI is InChI=1S/C20H23N5O2S/c1-20(2,3)22-17(26)13-28-19-24-23-18(14-9-11-21-12-10-14)25(19)15-7-5-6-8-16(15)27-4/h5-12H,13H2,1-4H3,(H,22,26). The Hall–Kier alpha value is -2.87. The lowest BCUT2D eigenvalue weighted by molar-refractivity contribution is -0.119. The molecule has 0 bridgehead atoms. The van der Waals surface area contributed by atoms with Crippen molar-refractivity contribution in [3.05, 3.63) is 48.8 Å². The molecule has 0 fully saturated rings. The SMILES string of the molecule is COc1ccccc1-n1c(SCC(=O)NC(C)(C)C)nnc1-c1ccncc1. The molecule has 0 aliphatic carbocycles. The van der Waals surface area contributed by atoms with Crippen LogP contribution in [0.5, 0.6) is 5.75 Å². The highest BCUT2D eigenvalue weighted by Gasteiger charge is 2.20. The number of rotatable bonds is 6. The maximum atomic E-state index is 12.3. The highest BCUT2D eigenvalue weighted by molar-refractivity contribution is 7.99. The molecule has 28 heavy (non-hydrogen) atoms. The minimum atomic E-state index is -0.282. The molecule has 3 aromatic rings. The van der Waals surface area contributed by atoms with Gasteiger partial charge in [-0.05, 0) is 45.0 Å². The first-order chi connectivity index (χ1) is 13.4. The van der Waals surface area contributed by atoms with Crippen LogP contribution in [0, 0.1) is 0 Å². The van der Waals surface area contributed by atoms with Gasteiger partial charge in [-0.15, -0.1) is 10.2 Å². The quantitative estimate of drug-likeness (QED) is 0.643. The van der Waals surface area contributed by atoms with Gasteiger partial charge in [0.25, 0.3) is 0 Å². The van der Waals surface area contributed by atoms with Crippen molar-refractivity contribution >= 4 is 17.7 Å². The summed E-state index contributed by atoms with van der Waals surface area (Å²) in [6, 6.07) is 11.4. The van der Waals surface area contributed by atoms with Gasteiger partial charge in [0, 0.05) is 23.5 Å². The number of nitrogens with one attached hydrogen (secondary N) is 1. The summed E-state index contributed by atoms with van der Waals surface area (Å²) in [6.45, 7) is 5.86. The van der Waals surface area contributed by atoms with E-state index in [2.05, 4.69) is 20.5 Å². The van der Waals surface area contributed by atoms with Gasteiger partial charge in [-0.1, -0.05) is 23.9 Å². The lowest BCUT2D eigenvalue weighted by atomic mass is 10.1. The van der Waals surface area contributed by atoms with Crippen molar-refractivity contribution in [2.45, 2.75) is 31.5 Å². The number of hydrogen-bond acceptors (Lipinski definition) is 6. The van der Waals surface area contributed by atoms with E-state index < -0.39 is 0 Å². The number of aromatic nitrogens is 4. The van der Waals surface area contributed by atoms with Gasteiger partial charge >= 0.3 is 0 Å². The topological polar surface area (TPSA) is 81.9 Å². The summed E-state index contributed by atoms with van der Waals surface area (Å²) in [6.07, 6.45) is 3.42. The fourth-order valence-corrected chi connectivity index (χ4v) is 3.41. The van der Waals surface area contributed by atoms with Gasteiger partial charge in [0.2, 0.25) is 5.91 Å². The van der Waals surface area contributed by atoms with E-state index in [0.717, 1.165) is 11.3 Å². The zero-order valence-electron chi connectivity index (χ0n) is 16.3. The van der Waals surface area contributed by atoms with E-state index >= 15 is 0 Å². The van der Waals surface area contributed by atoms with E-state index in [1.54, 1.807) is 19.5 Å². The van der Waals surface area contributed by atoms with Crippen LogP contribution < -0.4 is 10.1 Å². The monoisotopic (exact) mass is 397 g/mol. The summed E-state index contributed by atoms with van der Waals surface area (Å²) in [5, 5.41) is 12.3. The van der Waals surface area contributed by atoms with Crippen LogP contribution in [-0.4, -0.2) is 44.1 Å². The minimum Gasteiger partial charge on any atom is -0.495 e. The summed E-state index contributed by atoms with van der Waals surface area (Å²) in [5.74, 6) is 1.53. The molecule has 8 heteroatoms. The van der Waals surface area contributed by atoms with Gasteiger partial charge in [-0.25, -0.2) is 0 Å². The summed E-state index contributed by atoms with van der Waals surface area (Å²) in [7, 11) is 1.62. The summed E-state index contributed by atoms with van der Waals surface area (Å²) < 4.78 is 7.44. The molecule has 0 radical (unpaired) electrons. The second-order valence-corrected chi connectivity index (χ2v) is 8.08. The van der Waals surface area contributed by atoms with Crippen molar-refractivity contribution in [3.63, 3.8) is 0 Å². The second kappa shape index (κ2) is 8.43. The maximum absolute atomic E-state index is 12.3. The van der Waals surface area contributed by atoms with Crippen LogP contribution in [0.2, 0.25) is 0 Å². The fourth-order valence-electron chi connectivity index (χ4n) is 2.67. The third-order valence-electron chi connectivity index (χ3n) is 3.74. The molecular weight excluding hydrogens is 374 g/mol. The third-order valence-corrected chi connectivity index (χ3v) is 4.67. The minimum absolute atomic E-state index is 0.0578.